The van der Waals surface area contributed by atoms with E-state index in [4.69, 9.17) is 0 Å². The lowest BCUT2D eigenvalue weighted by atomic mass is 10.2. The van der Waals surface area contributed by atoms with Gasteiger partial charge in [0.25, 0.3) is 0 Å². The van der Waals surface area contributed by atoms with E-state index in [0.29, 0.717) is 0 Å². The molecule has 0 heterocycles. The van der Waals surface area contributed by atoms with Gasteiger partial charge < -0.3 is 14.6 Å². The van der Waals surface area contributed by atoms with Crippen molar-refractivity contribution in [1.82, 2.24) is 0 Å². The first-order chi connectivity index (χ1) is 8.06. The summed E-state index contributed by atoms with van der Waals surface area (Å²) in [5.74, 6) is -2.31. The number of benzene rings is 1. The lowest BCUT2D eigenvalue weighted by molar-refractivity contribution is -0.141. The molecule has 17 heavy (non-hydrogen) atoms. The summed E-state index contributed by atoms with van der Waals surface area (Å²) in [4.78, 5) is 22.7. The van der Waals surface area contributed by atoms with Crippen LogP contribution in [0.25, 0.3) is 0 Å². The molecule has 0 bridgehead atoms. The largest absolute Gasteiger partial charge is 0.507 e. The molecule has 5 nitrogen and oxygen atoms in total. The Kier molecular flexibility index (Phi) is 4.28. The van der Waals surface area contributed by atoms with Gasteiger partial charge in [-0.25, -0.2) is 9.59 Å². The molecule has 0 spiro atoms. The first kappa shape index (κ1) is 12.8. The highest BCUT2D eigenvalue weighted by atomic mass is 16.6. The SMILES string of the molecule is C=C(OC(=O)c1ccccc1O)C(=O)OCC. The number of aromatic hydroxyl groups is 1. The van der Waals surface area contributed by atoms with Gasteiger partial charge in [0.15, 0.2) is 0 Å². The van der Waals surface area contributed by atoms with Crippen molar-refractivity contribution in [3.8, 4) is 5.75 Å². The summed E-state index contributed by atoms with van der Waals surface area (Å²) in [6.07, 6.45) is 0. The number of rotatable bonds is 4. The normalized spacial score (nSPS) is 9.47. The predicted octanol–water partition coefficient (Wildman–Crippen LogP) is 1.63. The second-order valence-corrected chi connectivity index (χ2v) is 3.05. The molecule has 0 atom stereocenters. The molecule has 90 valence electrons. The second kappa shape index (κ2) is 5.69. The Bertz CT molecular complexity index is 450. The van der Waals surface area contributed by atoms with Crippen LogP contribution < -0.4 is 0 Å². The van der Waals surface area contributed by atoms with E-state index in [1.165, 1.54) is 12.1 Å². The van der Waals surface area contributed by atoms with E-state index in [9.17, 15) is 14.7 Å². The van der Waals surface area contributed by atoms with Crippen LogP contribution in [0.3, 0.4) is 0 Å². The lowest BCUT2D eigenvalue weighted by Crippen LogP contribution is -2.13. The van der Waals surface area contributed by atoms with Crippen LogP contribution in [0.2, 0.25) is 0 Å². The fourth-order valence-corrected chi connectivity index (χ4v) is 1.07. The highest BCUT2D eigenvalue weighted by Gasteiger charge is 2.17. The molecular weight excluding hydrogens is 224 g/mol. The van der Waals surface area contributed by atoms with Crippen LogP contribution in [0, 0.1) is 0 Å². The van der Waals surface area contributed by atoms with Crippen molar-refractivity contribution in [2.24, 2.45) is 0 Å². The minimum absolute atomic E-state index is 0.0436. The summed E-state index contributed by atoms with van der Waals surface area (Å²) < 4.78 is 9.26. The van der Waals surface area contributed by atoms with Crippen LogP contribution >= 0.6 is 0 Å². The maximum atomic E-state index is 11.5. The Hall–Kier alpha value is -2.30. The first-order valence-corrected chi connectivity index (χ1v) is 4.92. The molecule has 1 aromatic carbocycles. The van der Waals surface area contributed by atoms with Gasteiger partial charge in [0.1, 0.15) is 11.3 Å². The maximum Gasteiger partial charge on any atom is 0.373 e. The molecule has 0 aliphatic carbocycles. The smallest absolute Gasteiger partial charge is 0.373 e. The Balaban J connectivity index is 2.71. The summed E-state index contributed by atoms with van der Waals surface area (Å²) in [5.41, 5.74) is -0.0436. The highest BCUT2D eigenvalue weighted by Crippen LogP contribution is 2.17. The zero-order valence-electron chi connectivity index (χ0n) is 9.30. The predicted molar refractivity (Wildman–Crippen MR) is 59.3 cm³/mol. The van der Waals surface area contributed by atoms with Gasteiger partial charge >= 0.3 is 11.9 Å². The summed E-state index contributed by atoms with van der Waals surface area (Å²) in [5, 5.41) is 9.39. The van der Waals surface area contributed by atoms with Crippen LogP contribution in [0.4, 0.5) is 0 Å². The molecule has 0 saturated carbocycles. The van der Waals surface area contributed by atoms with E-state index in [0.717, 1.165) is 0 Å². The van der Waals surface area contributed by atoms with Gasteiger partial charge in [-0.15, -0.1) is 0 Å². The van der Waals surface area contributed by atoms with Gasteiger partial charge in [-0.1, -0.05) is 12.1 Å². The third-order valence-corrected chi connectivity index (χ3v) is 1.84. The number of ether oxygens (including phenoxy) is 2. The van der Waals surface area contributed by atoms with Crippen molar-refractivity contribution in [3.63, 3.8) is 0 Å². The quantitative estimate of drug-likeness (QED) is 0.488. The third kappa shape index (κ3) is 3.34. The van der Waals surface area contributed by atoms with E-state index in [-0.39, 0.29) is 17.9 Å². The molecule has 0 fully saturated rings. The fourth-order valence-electron chi connectivity index (χ4n) is 1.07. The van der Waals surface area contributed by atoms with Gasteiger partial charge in [0.05, 0.1) is 6.61 Å². The number of hydrogen-bond acceptors (Lipinski definition) is 5. The van der Waals surface area contributed by atoms with Crippen LogP contribution in [0.1, 0.15) is 17.3 Å². The van der Waals surface area contributed by atoms with Crippen molar-refractivity contribution < 1.29 is 24.2 Å². The lowest BCUT2D eigenvalue weighted by Gasteiger charge is -2.07. The second-order valence-electron chi connectivity index (χ2n) is 3.05. The Morgan fingerprint density at radius 2 is 2.00 bits per heavy atom. The molecule has 1 rings (SSSR count). The van der Waals surface area contributed by atoms with E-state index in [1.54, 1.807) is 19.1 Å². The summed E-state index contributed by atoms with van der Waals surface area (Å²) >= 11 is 0. The molecule has 0 radical (unpaired) electrons. The molecule has 0 aliphatic rings. The Morgan fingerprint density at radius 1 is 1.35 bits per heavy atom. The number of hydrogen-bond donors (Lipinski definition) is 1. The molecule has 5 heteroatoms. The van der Waals surface area contributed by atoms with Crippen molar-refractivity contribution >= 4 is 11.9 Å². The monoisotopic (exact) mass is 236 g/mol. The van der Waals surface area contributed by atoms with Gasteiger partial charge in [-0.2, -0.15) is 0 Å². The molecular formula is C12H12O5. The minimum Gasteiger partial charge on any atom is -0.507 e. The molecule has 0 saturated heterocycles. The zero-order chi connectivity index (χ0) is 12.8. The summed E-state index contributed by atoms with van der Waals surface area (Å²) in [6.45, 7) is 5.05. The number of para-hydroxylation sites is 1. The van der Waals surface area contributed by atoms with E-state index >= 15 is 0 Å². The average molecular weight is 236 g/mol. The van der Waals surface area contributed by atoms with Crippen molar-refractivity contribution in [1.29, 1.82) is 0 Å². The van der Waals surface area contributed by atoms with Gasteiger partial charge in [-0.05, 0) is 25.6 Å². The Morgan fingerprint density at radius 3 is 2.59 bits per heavy atom. The minimum atomic E-state index is -0.860. The Labute approximate surface area is 98.3 Å². The molecule has 1 N–H and O–H groups in total. The van der Waals surface area contributed by atoms with Crippen molar-refractivity contribution in [2.45, 2.75) is 6.92 Å². The van der Waals surface area contributed by atoms with Gasteiger partial charge in [-0.3, -0.25) is 0 Å². The molecule has 0 aromatic heterocycles. The van der Waals surface area contributed by atoms with Gasteiger partial charge in [0.2, 0.25) is 5.76 Å². The number of phenols is 1. The summed E-state index contributed by atoms with van der Waals surface area (Å²) in [6, 6.07) is 5.83. The van der Waals surface area contributed by atoms with Gasteiger partial charge in [0, 0.05) is 0 Å². The standard InChI is InChI=1S/C12H12O5/c1-3-16-11(14)8(2)17-12(15)9-6-4-5-7-10(9)13/h4-7,13H,2-3H2,1H3. The maximum absolute atomic E-state index is 11.5. The third-order valence-electron chi connectivity index (χ3n) is 1.84. The number of carbonyl (C=O) groups excluding carboxylic acids is 2. The summed E-state index contributed by atoms with van der Waals surface area (Å²) in [7, 11) is 0. The van der Waals surface area contributed by atoms with Crippen molar-refractivity contribution in [3.05, 3.63) is 42.2 Å². The topological polar surface area (TPSA) is 72.8 Å². The average Bonchev–Trinajstić information content (AvgIpc) is 2.29. The molecule has 1 aromatic rings. The number of carbonyl (C=O) groups is 2. The van der Waals surface area contributed by atoms with Crippen molar-refractivity contribution in [2.75, 3.05) is 6.61 Å². The molecule has 0 aliphatic heterocycles. The van der Waals surface area contributed by atoms with Crippen LogP contribution in [0.5, 0.6) is 5.75 Å². The zero-order valence-corrected chi connectivity index (χ0v) is 9.30. The number of esters is 2. The molecule has 0 amide bonds. The first-order valence-electron chi connectivity index (χ1n) is 4.92. The fraction of sp³-hybridized carbons (Fsp3) is 0.167. The molecule has 0 unspecified atom stereocenters. The van der Waals surface area contributed by atoms with Crippen LogP contribution in [-0.2, 0) is 14.3 Å². The highest BCUT2D eigenvalue weighted by molar-refractivity contribution is 5.96. The van der Waals surface area contributed by atoms with E-state index in [1.807, 2.05) is 0 Å². The van der Waals surface area contributed by atoms with E-state index < -0.39 is 17.7 Å². The van der Waals surface area contributed by atoms with Crippen LogP contribution in [0.15, 0.2) is 36.6 Å². The van der Waals surface area contributed by atoms with Crippen LogP contribution in [-0.4, -0.2) is 23.7 Å². The van der Waals surface area contributed by atoms with E-state index in [2.05, 4.69) is 16.1 Å². The number of phenolic OH excluding ortho intramolecular Hbond substituents is 1.